The number of aromatic hydroxyl groups is 1. The molecule has 224 valence electrons. The molecule has 1 fully saturated rings. The number of Topliss-reactive ketones (excluding diaryl/α,β-unsaturated/α-hetero) is 2. The van der Waals surface area contributed by atoms with Crippen LogP contribution in [-0.4, -0.2) is 92.6 Å². The number of allylic oxidation sites excluding steroid dienone is 1. The first-order chi connectivity index (χ1) is 20.0. The Morgan fingerprint density at radius 1 is 1.10 bits per heavy atom. The van der Waals surface area contributed by atoms with Crippen molar-refractivity contribution in [3.8, 4) is 5.75 Å². The summed E-state index contributed by atoms with van der Waals surface area (Å²) in [5.41, 5.74) is 4.58. The number of phenolic OH excluding ortho intramolecular Hbond substituents is 1. The molecular formula is C32H39N3O7. The number of carbonyl (C=O) groups excluding carboxylic acids is 3. The summed E-state index contributed by atoms with van der Waals surface area (Å²) in [6, 6.07) is 2.92. The topological polar surface area (TPSA) is 165 Å². The first-order valence-electron chi connectivity index (χ1n) is 14.9. The molecule has 4 atom stereocenters. The normalized spacial score (nSPS) is 30.7. The van der Waals surface area contributed by atoms with E-state index in [1.807, 2.05) is 6.07 Å². The largest absolute Gasteiger partial charge is 0.510 e. The molecular weight excluding hydrogens is 538 g/mol. The van der Waals surface area contributed by atoms with E-state index in [4.69, 9.17) is 5.73 Å². The third kappa shape index (κ3) is 4.14. The highest BCUT2D eigenvalue weighted by Gasteiger charge is 2.63. The van der Waals surface area contributed by atoms with Crippen molar-refractivity contribution in [2.45, 2.75) is 69.1 Å². The predicted molar refractivity (Wildman–Crippen MR) is 155 cm³/mol. The average Bonchev–Trinajstić information content (AvgIpc) is 2.95. The number of rotatable bonds is 4. The molecule has 1 heterocycles. The number of nitrogens with zero attached hydrogens (tertiary/aromatic N) is 2. The van der Waals surface area contributed by atoms with Crippen LogP contribution in [0.4, 0.5) is 0 Å². The number of primary amides is 1. The summed E-state index contributed by atoms with van der Waals surface area (Å²) in [4.78, 5) is 43.7. The maximum Gasteiger partial charge on any atom is 0.255 e. The monoisotopic (exact) mass is 577 g/mol. The molecule has 42 heavy (non-hydrogen) atoms. The van der Waals surface area contributed by atoms with Crippen LogP contribution in [0.3, 0.4) is 0 Å². The highest BCUT2D eigenvalue weighted by Crippen LogP contribution is 2.53. The maximum atomic E-state index is 14.0. The molecule has 5 aliphatic rings. The Bertz CT molecular complexity index is 1470. The van der Waals surface area contributed by atoms with Crippen LogP contribution in [0.25, 0.3) is 5.57 Å². The number of hydrogen-bond acceptors (Lipinski definition) is 9. The van der Waals surface area contributed by atoms with Crippen LogP contribution in [0.5, 0.6) is 5.75 Å². The molecule has 0 bridgehead atoms. The molecule has 6 rings (SSSR count). The molecule has 1 aromatic carbocycles. The van der Waals surface area contributed by atoms with Gasteiger partial charge in [0.05, 0.1) is 11.6 Å². The summed E-state index contributed by atoms with van der Waals surface area (Å²) >= 11 is 0. The van der Waals surface area contributed by atoms with E-state index >= 15 is 0 Å². The highest BCUT2D eigenvalue weighted by molar-refractivity contribution is 6.24. The molecule has 4 aliphatic carbocycles. The van der Waals surface area contributed by atoms with E-state index in [2.05, 4.69) is 11.0 Å². The van der Waals surface area contributed by atoms with Gasteiger partial charge >= 0.3 is 0 Å². The van der Waals surface area contributed by atoms with Gasteiger partial charge in [-0.1, -0.05) is 31.4 Å². The minimum absolute atomic E-state index is 0.0592. The van der Waals surface area contributed by atoms with Gasteiger partial charge in [0.2, 0.25) is 5.78 Å². The predicted octanol–water partition coefficient (Wildman–Crippen LogP) is 2.54. The fourth-order valence-corrected chi connectivity index (χ4v) is 8.26. The SMILES string of the molecule is CN(C)[C@@H]1C(O)=C(C(N)=O)C(=O)[C@@]2(O)C(O)=C3C(=O)c4c(O)ccc(C5=CCN(C6CCCCC6)CC5)c4C[C@H]3C[C@@H]12. The number of likely N-dealkylation sites (N-methyl/N-ethyl adjacent to an activating group) is 1. The maximum absolute atomic E-state index is 14.0. The van der Waals surface area contributed by atoms with Crippen LogP contribution in [0, 0.1) is 11.8 Å². The first-order valence-corrected chi connectivity index (χ1v) is 14.9. The molecule has 0 spiro atoms. The summed E-state index contributed by atoms with van der Waals surface area (Å²) in [5, 5.41) is 45.1. The van der Waals surface area contributed by atoms with Crippen LogP contribution in [0.1, 0.15) is 66.4 Å². The Kier molecular flexibility index (Phi) is 7.06. The second kappa shape index (κ2) is 10.4. The van der Waals surface area contributed by atoms with Crippen molar-refractivity contribution >= 4 is 23.0 Å². The smallest absolute Gasteiger partial charge is 0.255 e. The number of hydrogen-bond donors (Lipinski definition) is 5. The average molecular weight is 578 g/mol. The molecule has 1 aliphatic heterocycles. The van der Waals surface area contributed by atoms with Crippen molar-refractivity contribution in [2.24, 2.45) is 17.6 Å². The Morgan fingerprint density at radius 2 is 1.81 bits per heavy atom. The lowest BCUT2D eigenvalue weighted by atomic mass is 9.58. The summed E-state index contributed by atoms with van der Waals surface area (Å²) in [6.07, 6.45) is 9.69. The van der Waals surface area contributed by atoms with Gasteiger partial charge in [-0.2, -0.15) is 0 Å². The zero-order valence-corrected chi connectivity index (χ0v) is 24.1. The van der Waals surface area contributed by atoms with Crippen molar-refractivity contribution in [3.05, 3.63) is 57.6 Å². The number of phenols is 1. The number of ketones is 2. The van der Waals surface area contributed by atoms with Crippen molar-refractivity contribution < 1.29 is 34.8 Å². The van der Waals surface area contributed by atoms with E-state index in [1.165, 1.54) is 38.2 Å². The van der Waals surface area contributed by atoms with E-state index in [0.717, 1.165) is 30.6 Å². The van der Waals surface area contributed by atoms with Crippen LogP contribution in [-0.2, 0) is 16.0 Å². The summed E-state index contributed by atoms with van der Waals surface area (Å²) in [7, 11) is 3.24. The van der Waals surface area contributed by atoms with Gasteiger partial charge in [0.1, 0.15) is 22.8 Å². The van der Waals surface area contributed by atoms with Crippen LogP contribution >= 0.6 is 0 Å². The molecule has 0 saturated heterocycles. The lowest BCUT2D eigenvalue weighted by molar-refractivity contribution is -0.148. The standard InChI is InChI=1S/C32H39N3O7/c1-34(2)26-21-15-17-14-20-19(16-10-12-35(13-11-16)18-6-4-3-5-7-18)8-9-22(36)24(20)27(37)23(17)29(39)32(21,42)30(40)25(28(26)38)31(33)41/h8-10,17-18,21,26,36,38-39,42H,3-7,11-15H2,1-2H3,(H2,33,41)/t17-,21-,26-,32-/m0/s1. The molecule has 1 saturated carbocycles. The minimum Gasteiger partial charge on any atom is -0.510 e. The lowest BCUT2D eigenvalue weighted by Gasteiger charge is -2.50. The molecule has 0 radical (unpaired) electrons. The van der Waals surface area contributed by atoms with E-state index < -0.39 is 58.0 Å². The summed E-state index contributed by atoms with van der Waals surface area (Å²) in [5.74, 6) is -6.39. The Balaban J connectivity index is 1.41. The number of nitrogens with two attached hydrogens (primary N) is 1. The molecule has 1 amide bonds. The van der Waals surface area contributed by atoms with Gasteiger partial charge in [0.15, 0.2) is 11.4 Å². The van der Waals surface area contributed by atoms with Crippen molar-refractivity contribution in [3.63, 3.8) is 0 Å². The van der Waals surface area contributed by atoms with Gasteiger partial charge in [0.25, 0.3) is 5.91 Å². The summed E-state index contributed by atoms with van der Waals surface area (Å²) in [6.45, 7) is 1.75. The van der Waals surface area contributed by atoms with Gasteiger partial charge in [-0.25, -0.2) is 0 Å². The van der Waals surface area contributed by atoms with E-state index in [9.17, 15) is 34.8 Å². The Labute approximate surface area is 244 Å². The van der Waals surface area contributed by atoms with Gasteiger partial charge in [-0.05, 0) is 74.9 Å². The number of fused-ring (bicyclic) bond motifs is 3. The number of aliphatic hydroxyl groups excluding tert-OH is 2. The van der Waals surface area contributed by atoms with Crippen LogP contribution in [0.2, 0.25) is 0 Å². The van der Waals surface area contributed by atoms with Gasteiger partial charge in [-0.3, -0.25) is 24.2 Å². The molecule has 10 heteroatoms. The van der Waals surface area contributed by atoms with Crippen molar-refractivity contribution in [1.29, 1.82) is 0 Å². The zero-order valence-electron chi connectivity index (χ0n) is 24.1. The fraction of sp³-hybridized carbons (Fsp3) is 0.531. The number of carbonyl (C=O) groups is 3. The third-order valence-corrected chi connectivity index (χ3v) is 10.3. The molecule has 0 aromatic heterocycles. The lowest BCUT2D eigenvalue weighted by Crippen LogP contribution is -2.63. The van der Waals surface area contributed by atoms with E-state index in [1.54, 1.807) is 19.0 Å². The van der Waals surface area contributed by atoms with Gasteiger partial charge in [0, 0.05) is 30.6 Å². The Hall–Kier alpha value is -3.47. The molecule has 6 N–H and O–H groups in total. The first kappa shape index (κ1) is 28.6. The summed E-state index contributed by atoms with van der Waals surface area (Å²) < 4.78 is 0. The molecule has 10 nitrogen and oxygen atoms in total. The number of amides is 1. The van der Waals surface area contributed by atoms with Crippen molar-refractivity contribution in [1.82, 2.24) is 9.80 Å². The van der Waals surface area contributed by atoms with E-state index in [-0.39, 0.29) is 23.3 Å². The minimum atomic E-state index is -2.63. The number of benzene rings is 1. The number of aliphatic hydroxyl groups is 3. The van der Waals surface area contributed by atoms with Gasteiger partial charge < -0.3 is 26.2 Å². The molecule has 1 aromatic rings. The quantitative estimate of drug-likeness (QED) is 0.338. The van der Waals surface area contributed by atoms with E-state index in [0.29, 0.717) is 18.0 Å². The van der Waals surface area contributed by atoms with Crippen LogP contribution in [0.15, 0.2) is 40.9 Å². The van der Waals surface area contributed by atoms with Crippen molar-refractivity contribution in [2.75, 3.05) is 27.2 Å². The highest BCUT2D eigenvalue weighted by atomic mass is 16.3. The van der Waals surface area contributed by atoms with Gasteiger partial charge in [-0.15, -0.1) is 0 Å². The Morgan fingerprint density at radius 3 is 2.43 bits per heavy atom. The third-order valence-electron chi connectivity index (χ3n) is 10.3. The second-order valence-corrected chi connectivity index (χ2v) is 12.7. The second-order valence-electron chi connectivity index (χ2n) is 12.7. The fourth-order valence-electron chi connectivity index (χ4n) is 8.26. The molecule has 0 unspecified atom stereocenters. The zero-order chi connectivity index (χ0) is 30.1. The van der Waals surface area contributed by atoms with Crippen LogP contribution < -0.4 is 5.73 Å².